The smallest absolute Gasteiger partial charge is 0.317 e. The Hall–Kier alpha value is -9.57. The number of rotatable bonds is 41. The van der Waals surface area contributed by atoms with Gasteiger partial charge < -0.3 is 46.4 Å². The van der Waals surface area contributed by atoms with E-state index in [9.17, 15) is 99.4 Å². The number of carbonyl (C=O) groups is 10. The third-order valence-corrected chi connectivity index (χ3v) is 23.0. The molecule has 0 aromatic heterocycles. The molecule has 2 aliphatic carbocycles. The zero-order valence-corrected chi connectivity index (χ0v) is 64.3. The fraction of sp³-hybridized carbons (Fsp3) is 0.500. The number of amides is 5. The number of carboxylic acid groups (broad SMARTS) is 5. The highest BCUT2D eigenvalue weighted by molar-refractivity contribution is 7.86. The maximum absolute atomic E-state index is 14.4. The average molecular weight is 1570 g/mol. The summed E-state index contributed by atoms with van der Waals surface area (Å²) >= 11 is 0. The number of carbonyl (C=O) groups excluding carboxylic acids is 5. The second-order valence-electron chi connectivity index (χ2n) is 29.7. The van der Waals surface area contributed by atoms with Crippen molar-refractivity contribution < 1.29 is 104 Å². The summed E-state index contributed by atoms with van der Waals surface area (Å²) in [5, 5.41) is 58.6. The van der Waals surface area contributed by atoms with E-state index in [1.54, 1.807) is 36.4 Å². The Morgan fingerprint density at radius 3 is 1.80 bits per heavy atom. The molecule has 4 atom stereocenters. The number of hydrogen-bond donors (Lipinski definition) is 10. The molecule has 110 heavy (non-hydrogen) atoms. The molecule has 2 saturated carbocycles. The molecule has 0 saturated heterocycles. The van der Waals surface area contributed by atoms with Crippen LogP contribution in [0.15, 0.2) is 131 Å². The van der Waals surface area contributed by atoms with Crippen molar-refractivity contribution in [2.45, 2.75) is 182 Å². The van der Waals surface area contributed by atoms with Gasteiger partial charge in [0.15, 0.2) is 5.71 Å². The lowest BCUT2D eigenvalue weighted by atomic mass is 9.81. The number of unbranched alkanes of at least 4 members (excludes halogenated alkanes) is 3. The molecule has 10 N–H and O–H groups in total. The van der Waals surface area contributed by atoms with Crippen molar-refractivity contribution in [1.82, 2.24) is 30.2 Å². The summed E-state index contributed by atoms with van der Waals surface area (Å²) in [6.07, 6.45) is 22.2. The SMILES string of the molecule is CC[N+]1=C(/C=C/C=C/C=C/C=C2/N(CCCCCC(=O)N[C@@H](CCCCNC(=O)C3CCC(CN4C(=O)C=CC4=O)CC3)C(=O)Nc3ccc(C[C@@H](CN(CC(=O)O)[C@H]4CCCC[C@@H]4N(CC(=O)O)CC(=O)O)N(CC(=O)O)CC(=O)O)cc3)c3cc(S(=O)(=O)O)ccc3C2(C)C)C(C)(C)c2cc(S(=O)(=O)O)ccc21. The van der Waals surface area contributed by atoms with Crippen LogP contribution >= 0.6 is 0 Å². The molecular weight excluding hydrogens is 1460 g/mol. The van der Waals surface area contributed by atoms with Crippen LogP contribution in [0.25, 0.3) is 0 Å². The van der Waals surface area contributed by atoms with Crippen molar-refractivity contribution in [3.8, 4) is 0 Å². The number of nitrogens with one attached hydrogen (secondary N) is 3. The van der Waals surface area contributed by atoms with Gasteiger partial charge in [-0.15, -0.1) is 0 Å². The average Bonchev–Trinajstić information content (AvgIpc) is 1.59. The van der Waals surface area contributed by atoms with Gasteiger partial charge in [0.25, 0.3) is 32.1 Å². The van der Waals surface area contributed by atoms with Crippen LogP contribution in [-0.2, 0) is 85.4 Å². The minimum atomic E-state index is -4.60. The molecule has 596 valence electrons. The van der Waals surface area contributed by atoms with Crippen molar-refractivity contribution in [2.24, 2.45) is 11.8 Å². The molecule has 3 aromatic carbocycles. The number of allylic oxidation sites excluding steroid dienone is 8. The van der Waals surface area contributed by atoms with E-state index >= 15 is 0 Å². The number of benzene rings is 3. The van der Waals surface area contributed by atoms with E-state index in [0.29, 0.717) is 114 Å². The minimum absolute atomic E-state index is 0.00477. The van der Waals surface area contributed by atoms with Crippen LogP contribution in [0.2, 0.25) is 0 Å². The molecule has 32 heteroatoms. The predicted molar refractivity (Wildman–Crippen MR) is 407 cm³/mol. The van der Waals surface area contributed by atoms with Crippen molar-refractivity contribution in [3.05, 3.63) is 138 Å². The van der Waals surface area contributed by atoms with E-state index in [1.165, 1.54) is 56.0 Å². The Labute approximate surface area is 640 Å². The van der Waals surface area contributed by atoms with Crippen molar-refractivity contribution in [1.29, 1.82) is 0 Å². The summed E-state index contributed by atoms with van der Waals surface area (Å²) in [6, 6.07) is 11.8. The van der Waals surface area contributed by atoms with Crippen molar-refractivity contribution in [3.63, 3.8) is 0 Å². The fourth-order valence-corrected chi connectivity index (χ4v) is 16.8. The molecule has 2 fully saturated rings. The van der Waals surface area contributed by atoms with Crippen LogP contribution in [0, 0.1) is 11.8 Å². The number of carboxylic acids is 5. The third-order valence-electron chi connectivity index (χ3n) is 21.3. The van der Waals surface area contributed by atoms with Gasteiger partial charge in [-0.25, -0.2) is 0 Å². The summed E-state index contributed by atoms with van der Waals surface area (Å²) in [5.74, 6) is -8.68. The lowest BCUT2D eigenvalue weighted by molar-refractivity contribution is -0.433. The molecule has 3 heterocycles. The zero-order valence-electron chi connectivity index (χ0n) is 62.7. The highest BCUT2D eigenvalue weighted by atomic mass is 32.2. The van der Waals surface area contributed by atoms with Crippen LogP contribution in [0.1, 0.15) is 148 Å². The Morgan fingerprint density at radius 2 is 1.20 bits per heavy atom. The normalized spacial score (nSPS) is 20.0. The van der Waals surface area contributed by atoms with Gasteiger partial charge in [-0.3, -0.25) is 76.7 Å². The Balaban J connectivity index is 0.945. The molecule has 0 bridgehead atoms. The number of hydrogen-bond acceptors (Lipinski definition) is 18. The highest BCUT2D eigenvalue weighted by Gasteiger charge is 2.46. The van der Waals surface area contributed by atoms with E-state index in [-0.39, 0.29) is 77.4 Å². The molecule has 0 radical (unpaired) electrons. The van der Waals surface area contributed by atoms with Crippen molar-refractivity contribution >= 4 is 102 Å². The third kappa shape index (κ3) is 23.3. The lowest BCUT2D eigenvalue weighted by Crippen LogP contribution is -2.59. The second-order valence-corrected chi connectivity index (χ2v) is 32.6. The number of nitrogens with zero attached hydrogens (tertiary/aromatic N) is 6. The van der Waals surface area contributed by atoms with E-state index in [1.807, 2.05) is 82.1 Å². The van der Waals surface area contributed by atoms with Gasteiger partial charge in [0.2, 0.25) is 23.4 Å². The maximum atomic E-state index is 14.4. The van der Waals surface area contributed by atoms with E-state index in [2.05, 4.69) is 20.5 Å². The lowest BCUT2D eigenvalue weighted by Gasteiger charge is -2.45. The number of anilines is 2. The molecule has 3 aliphatic heterocycles. The molecular formula is C78H102N9O21S2+. The standard InChI is InChI=1S/C78H101N9O21S2/c1-6-85-61-36-34-56(109(103,104)105)42-59(61)78(4,5)65(85)22-11-8-7-9-12-23-66-77(2,3)58-35-33-57(110(106,107)108)43-64(58)86(66)40-18-10-13-24-67(88)81-60(19-16-17-39-79-75(101)53-29-25-52(26-30-53)44-87-68(89)37-38-69(87)90)76(102)80-54-31-27-51(28-32-54)41-55(82(46-70(91)92)47-71(93)94)45-83(48-72(95)96)62-20-14-15-21-63(62)84(49-73(97)98)50-74(99)100/h7-9,11-12,22-23,27-28,31-38,42-43,52-53,55,60,62-63H,6,10,13-21,24-26,29-30,39-41,44-50H2,1-5H3,(H9-,79,80,81,88,91,92,93,94,95,96,97,98,99,100,101,102,103,104,105,106,107,108)/p+1/t52?,53?,55-,60-,62-,63-/m0/s1. The molecule has 3 aromatic rings. The van der Waals surface area contributed by atoms with Gasteiger partial charge in [0, 0.05) is 109 Å². The number of aliphatic carboxylic acids is 5. The predicted octanol–water partition coefficient (Wildman–Crippen LogP) is 7.18. The van der Waals surface area contributed by atoms with Gasteiger partial charge >= 0.3 is 29.8 Å². The number of fused-ring (bicyclic) bond motifs is 2. The molecule has 8 rings (SSSR count). The first-order chi connectivity index (χ1) is 52.0. The van der Waals surface area contributed by atoms with Crippen LogP contribution < -0.4 is 20.9 Å². The molecule has 30 nitrogen and oxygen atoms in total. The van der Waals surface area contributed by atoms with Gasteiger partial charge in [-0.2, -0.15) is 21.4 Å². The topological polar surface area (TPSA) is 436 Å². The van der Waals surface area contributed by atoms with Gasteiger partial charge in [0.1, 0.15) is 12.6 Å². The van der Waals surface area contributed by atoms with Gasteiger partial charge in [-0.1, -0.05) is 81.7 Å². The number of imide groups is 1. The van der Waals surface area contributed by atoms with Crippen LogP contribution in [-0.4, -0.2) is 230 Å². The first-order valence-electron chi connectivity index (χ1n) is 37.2. The molecule has 0 unspecified atom stereocenters. The second kappa shape index (κ2) is 38.4. The minimum Gasteiger partial charge on any atom is -0.480 e. The molecule has 5 amide bonds. The summed E-state index contributed by atoms with van der Waals surface area (Å²) < 4.78 is 71.1. The highest BCUT2D eigenvalue weighted by Crippen LogP contribution is 2.49. The summed E-state index contributed by atoms with van der Waals surface area (Å²) in [4.78, 5) is 134. The summed E-state index contributed by atoms with van der Waals surface area (Å²) in [5.41, 5.74) is 4.30. The monoisotopic (exact) mass is 1560 g/mol. The van der Waals surface area contributed by atoms with Gasteiger partial charge in [0.05, 0.1) is 47.9 Å². The fourth-order valence-electron chi connectivity index (χ4n) is 15.8. The van der Waals surface area contributed by atoms with Gasteiger partial charge in [-0.05, 0) is 157 Å². The van der Waals surface area contributed by atoms with E-state index in [4.69, 9.17) is 0 Å². The largest absolute Gasteiger partial charge is 0.480 e. The first-order valence-corrected chi connectivity index (χ1v) is 40.0. The molecule has 0 spiro atoms. The first kappa shape index (κ1) is 86.0. The quantitative estimate of drug-likeness (QED) is 0.00883. The zero-order chi connectivity index (χ0) is 80.4. The summed E-state index contributed by atoms with van der Waals surface area (Å²) in [7, 11) is -9.02. The molecule has 5 aliphatic rings. The maximum Gasteiger partial charge on any atom is 0.317 e. The Kier molecular flexibility index (Phi) is 30.0. The van der Waals surface area contributed by atoms with Crippen LogP contribution in [0.3, 0.4) is 0 Å². The van der Waals surface area contributed by atoms with Crippen molar-refractivity contribution in [2.75, 3.05) is 75.7 Å². The van der Waals surface area contributed by atoms with E-state index < -0.39 is 130 Å². The van der Waals surface area contributed by atoms with Crippen LogP contribution in [0.4, 0.5) is 17.1 Å². The summed E-state index contributed by atoms with van der Waals surface area (Å²) in [6.45, 7) is 7.80. The van der Waals surface area contributed by atoms with Crippen LogP contribution in [0.5, 0.6) is 0 Å². The Bertz CT molecular complexity index is 4320. The Morgan fingerprint density at radius 1 is 0.627 bits per heavy atom. The van der Waals surface area contributed by atoms with E-state index in [0.717, 1.165) is 28.2 Å².